The molecule has 0 saturated heterocycles. The zero-order chi connectivity index (χ0) is 10.1. The highest BCUT2D eigenvalue weighted by Crippen LogP contribution is 2.29. The summed E-state index contributed by atoms with van der Waals surface area (Å²) in [5, 5.41) is 8.43. The highest BCUT2D eigenvalue weighted by atomic mass is 32.1. The van der Waals surface area contributed by atoms with Gasteiger partial charge in [0.1, 0.15) is 11.8 Å². The Morgan fingerprint density at radius 2 is 2.08 bits per heavy atom. The topological polar surface area (TPSA) is 39.6 Å². The lowest BCUT2D eigenvalue weighted by atomic mass is 10.2. The van der Waals surface area contributed by atoms with Crippen LogP contribution in [-0.4, -0.2) is 4.98 Å². The Hall–Kier alpha value is -1.35. The van der Waals surface area contributed by atoms with E-state index in [9.17, 15) is 13.2 Å². The first-order chi connectivity index (χ1) is 5.96. The van der Waals surface area contributed by atoms with Gasteiger partial charge in [-0.3, -0.25) is 0 Å². The minimum Gasteiger partial charge on any atom is -0.356 e. The number of aromatic nitrogens is 1. The predicted octanol–water partition coefficient (Wildman–Crippen LogP) is 2.63. The molecule has 1 aromatic rings. The van der Waals surface area contributed by atoms with Crippen molar-refractivity contribution in [2.45, 2.75) is 6.18 Å². The van der Waals surface area contributed by atoms with Gasteiger partial charge in [-0.15, -0.1) is 0 Å². The maximum atomic E-state index is 12.2. The number of halogens is 3. The molecule has 2 nitrogen and oxygen atoms in total. The Morgan fingerprint density at radius 3 is 2.46 bits per heavy atom. The third kappa shape index (κ3) is 1.87. The third-order valence-electron chi connectivity index (χ3n) is 1.35. The number of H-pyrrole nitrogens is 1. The van der Waals surface area contributed by atoms with Gasteiger partial charge in [0.2, 0.25) is 0 Å². The summed E-state index contributed by atoms with van der Waals surface area (Å²) in [5.41, 5.74) is -1.63. The van der Waals surface area contributed by atoms with Crippen LogP contribution in [0.1, 0.15) is 11.3 Å². The monoisotopic (exact) mass is 204 g/mol. The molecule has 6 heteroatoms. The van der Waals surface area contributed by atoms with Crippen LogP contribution in [0.3, 0.4) is 0 Å². The lowest BCUT2D eigenvalue weighted by Crippen LogP contribution is -2.10. The second kappa shape index (κ2) is 3.18. The fraction of sp³-hybridized carbons (Fsp3) is 0.143. The average Bonchev–Trinajstić information content (AvgIpc) is 2.02. The van der Waals surface area contributed by atoms with Crippen molar-refractivity contribution in [2.75, 3.05) is 0 Å². The summed E-state index contributed by atoms with van der Waals surface area (Å²) in [6.07, 6.45) is -3.51. The minimum absolute atomic E-state index is 0.103. The van der Waals surface area contributed by atoms with E-state index in [4.69, 9.17) is 5.26 Å². The molecule has 0 unspecified atom stereocenters. The molecule has 1 heterocycles. The standard InChI is InChI=1S/C7H3F3N2S/c8-7(9,10)6-4(3-11)5(13)1-2-12-6/h1-2H,(H,12,13). The van der Waals surface area contributed by atoms with E-state index in [0.29, 0.717) is 0 Å². The van der Waals surface area contributed by atoms with E-state index in [1.807, 2.05) is 4.98 Å². The number of alkyl halides is 3. The van der Waals surface area contributed by atoms with Crippen LogP contribution in [0.25, 0.3) is 0 Å². The zero-order valence-corrected chi connectivity index (χ0v) is 6.96. The first-order valence-corrected chi connectivity index (χ1v) is 3.56. The van der Waals surface area contributed by atoms with Crippen molar-refractivity contribution in [1.82, 2.24) is 4.98 Å². The summed E-state index contributed by atoms with van der Waals surface area (Å²) in [6, 6.07) is 2.65. The van der Waals surface area contributed by atoms with Crippen molar-refractivity contribution in [3.63, 3.8) is 0 Å². The van der Waals surface area contributed by atoms with E-state index in [1.54, 1.807) is 0 Å². The van der Waals surface area contributed by atoms with E-state index in [1.165, 1.54) is 12.1 Å². The van der Waals surface area contributed by atoms with Gasteiger partial charge in [-0.2, -0.15) is 18.4 Å². The first kappa shape index (κ1) is 9.74. The molecule has 1 rings (SSSR count). The Bertz CT molecular complexity index is 413. The molecular formula is C7H3F3N2S. The van der Waals surface area contributed by atoms with Crippen LogP contribution in [-0.2, 0) is 6.18 Å². The number of hydrogen-bond donors (Lipinski definition) is 1. The van der Waals surface area contributed by atoms with E-state index < -0.39 is 17.4 Å². The van der Waals surface area contributed by atoms with Gasteiger partial charge in [-0.1, -0.05) is 12.2 Å². The SMILES string of the molecule is N#Cc1c(C(F)(F)F)[nH]ccc1=S. The molecule has 1 aromatic heterocycles. The number of nitriles is 1. The number of nitrogens with one attached hydrogen (secondary N) is 1. The van der Waals surface area contributed by atoms with Gasteiger partial charge < -0.3 is 4.98 Å². The van der Waals surface area contributed by atoms with Gasteiger partial charge in [0, 0.05) is 6.20 Å². The lowest BCUT2D eigenvalue weighted by Gasteiger charge is -2.07. The van der Waals surface area contributed by atoms with E-state index in [0.717, 1.165) is 6.20 Å². The number of pyridine rings is 1. The number of aromatic amines is 1. The molecule has 0 aliphatic rings. The molecule has 0 atom stereocenters. The molecule has 0 amide bonds. The predicted molar refractivity (Wildman–Crippen MR) is 41.3 cm³/mol. The number of nitrogens with zero attached hydrogens (tertiary/aromatic N) is 1. The van der Waals surface area contributed by atoms with Crippen LogP contribution < -0.4 is 0 Å². The maximum absolute atomic E-state index is 12.2. The highest BCUT2D eigenvalue weighted by molar-refractivity contribution is 7.71. The summed E-state index contributed by atoms with van der Waals surface area (Å²) in [6.45, 7) is 0. The smallest absolute Gasteiger partial charge is 0.356 e. The maximum Gasteiger partial charge on any atom is 0.432 e. The molecule has 0 aliphatic carbocycles. The van der Waals surface area contributed by atoms with Crippen molar-refractivity contribution in [2.24, 2.45) is 0 Å². The van der Waals surface area contributed by atoms with Crippen LogP contribution in [0.2, 0.25) is 0 Å². The Morgan fingerprint density at radius 1 is 1.46 bits per heavy atom. The van der Waals surface area contributed by atoms with Crippen LogP contribution in [0.4, 0.5) is 13.2 Å². The van der Waals surface area contributed by atoms with Crippen molar-refractivity contribution >= 4 is 12.2 Å². The fourth-order valence-corrected chi connectivity index (χ4v) is 1.03. The highest BCUT2D eigenvalue weighted by Gasteiger charge is 2.34. The number of rotatable bonds is 0. The van der Waals surface area contributed by atoms with E-state index in [2.05, 4.69) is 12.2 Å². The molecule has 13 heavy (non-hydrogen) atoms. The molecule has 68 valence electrons. The van der Waals surface area contributed by atoms with Crippen molar-refractivity contribution in [3.8, 4) is 6.07 Å². The van der Waals surface area contributed by atoms with Crippen molar-refractivity contribution in [1.29, 1.82) is 5.26 Å². The second-order valence-electron chi connectivity index (χ2n) is 2.20. The molecular weight excluding hydrogens is 201 g/mol. The minimum atomic E-state index is -4.57. The van der Waals surface area contributed by atoms with Gasteiger partial charge in [0.05, 0.1) is 10.1 Å². The molecule has 0 bridgehead atoms. The fourth-order valence-electron chi connectivity index (χ4n) is 0.814. The summed E-state index contributed by atoms with van der Waals surface area (Å²) < 4.78 is 36.5. The molecule has 0 fully saturated rings. The lowest BCUT2D eigenvalue weighted by molar-refractivity contribution is -0.141. The Kier molecular flexibility index (Phi) is 2.38. The summed E-state index contributed by atoms with van der Waals surface area (Å²) >= 11 is 4.57. The van der Waals surface area contributed by atoms with Gasteiger partial charge >= 0.3 is 6.18 Å². The van der Waals surface area contributed by atoms with Crippen LogP contribution >= 0.6 is 12.2 Å². The number of hydrogen-bond acceptors (Lipinski definition) is 2. The van der Waals surface area contributed by atoms with E-state index in [-0.39, 0.29) is 4.51 Å². The second-order valence-corrected chi connectivity index (χ2v) is 2.64. The molecule has 1 N–H and O–H groups in total. The quantitative estimate of drug-likeness (QED) is 0.660. The molecule has 0 aromatic carbocycles. The van der Waals surface area contributed by atoms with Crippen LogP contribution in [0.5, 0.6) is 0 Å². The molecule has 0 radical (unpaired) electrons. The van der Waals surface area contributed by atoms with Crippen molar-refractivity contribution < 1.29 is 13.2 Å². The Balaban J connectivity index is 3.49. The van der Waals surface area contributed by atoms with Crippen LogP contribution in [0, 0.1) is 15.8 Å². The average molecular weight is 204 g/mol. The largest absolute Gasteiger partial charge is 0.432 e. The molecule has 0 aliphatic heterocycles. The van der Waals surface area contributed by atoms with Gasteiger partial charge in [0.15, 0.2) is 0 Å². The third-order valence-corrected chi connectivity index (χ3v) is 1.69. The zero-order valence-electron chi connectivity index (χ0n) is 6.14. The summed E-state index contributed by atoms with van der Waals surface area (Å²) in [4.78, 5) is 1.95. The van der Waals surface area contributed by atoms with Gasteiger partial charge in [-0.25, -0.2) is 0 Å². The normalized spacial score (nSPS) is 10.9. The summed E-state index contributed by atoms with van der Waals surface area (Å²) in [7, 11) is 0. The first-order valence-electron chi connectivity index (χ1n) is 3.16. The van der Waals surface area contributed by atoms with Crippen molar-refractivity contribution in [3.05, 3.63) is 28.0 Å². The van der Waals surface area contributed by atoms with Gasteiger partial charge in [-0.05, 0) is 6.07 Å². The van der Waals surface area contributed by atoms with Crippen LogP contribution in [0.15, 0.2) is 12.3 Å². The van der Waals surface area contributed by atoms with Gasteiger partial charge in [0.25, 0.3) is 0 Å². The molecule has 0 saturated carbocycles. The van der Waals surface area contributed by atoms with E-state index >= 15 is 0 Å². The summed E-state index contributed by atoms with van der Waals surface area (Å²) in [5.74, 6) is 0. The Labute approximate surface area is 76.6 Å². The molecule has 0 spiro atoms.